The molecule has 6 heteroatoms. The lowest BCUT2D eigenvalue weighted by Crippen LogP contribution is -2.44. The number of urea groups is 1. The molecule has 2 heterocycles. The molecule has 0 aromatic carbocycles. The molecule has 0 spiro atoms. The maximum absolute atomic E-state index is 12.0. The Hall–Kier alpha value is -1.59. The van der Waals surface area contributed by atoms with E-state index >= 15 is 0 Å². The van der Waals surface area contributed by atoms with E-state index < -0.39 is 0 Å². The first-order valence-corrected chi connectivity index (χ1v) is 7.91. The first kappa shape index (κ1) is 15.8. The van der Waals surface area contributed by atoms with Gasteiger partial charge in [-0.2, -0.15) is 4.98 Å². The molecule has 1 saturated heterocycles. The van der Waals surface area contributed by atoms with Crippen LogP contribution in [0.2, 0.25) is 0 Å². The number of amides is 2. The number of hydrogen-bond acceptors (Lipinski definition) is 4. The van der Waals surface area contributed by atoms with Crippen molar-refractivity contribution in [2.24, 2.45) is 5.92 Å². The zero-order valence-electron chi connectivity index (χ0n) is 13.3. The van der Waals surface area contributed by atoms with Crippen molar-refractivity contribution in [1.82, 2.24) is 20.4 Å². The summed E-state index contributed by atoms with van der Waals surface area (Å²) in [6.45, 7) is 8.70. The monoisotopic (exact) mass is 294 g/mol. The Morgan fingerprint density at radius 3 is 2.76 bits per heavy atom. The second-order valence-electron chi connectivity index (χ2n) is 6.21. The second-order valence-corrected chi connectivity index (χ2v) is 6.21. The molecule has 0 atom stereocenters. The van der Waals surface area contributed by atoms with Crippen molar-refractivity contribution < 1.29 is 9.32 Å². The van der Waals surface area contributed by atoms with E-state index in [1.165, 1.54) is 0 Å². The fourth-order valence-electron chi connectivity index (χ4n) is 2.36. The number of carbonyl (C=O) groups is 1. The Kier molecular flexibility index (Phi) is 5.59. The Bertz CT molecular complexity index is 450. The van der Waals surface area contributed by atoms with Gasteiger partial charge in [0.15, 0.2) is 5.82 Å². The molecule has 1 aromatic heterocycles. The van der Waals surface area contributed by atoms with Gasteiger partial charge in [-0.15, -0.1) is 0 Å². The van der Waals surface area contributed by atoms with E-state index in [1.807, 2.05) is 18.7 Å². The summed E-state index contributed by atoms with van der Waals surface area (Å²) < 4.78 is 5.18. The summed E-state index contributed by atoms with van der Waals surface area (Å²) in [5, 5.41) is 6.89. The standard InChI is InChI=1S/C15H26N4O2/c1-11(2)14-17-13(21-18-14)5-4-8-16-15(20)19-9-6-12(3)7-10-19/h11-12H,4-10H2,1-3H3,(H,16,20). The molecule has 1 fully saturated rings. The molecule has 6 nitrogen and oxygen atoms in total. The van der Waals surface area contributed by atoms with Crippen molar-refractivity contribution >= 4 is 6.03 Å². The van der Waals surface area contributed by atoms with Crippen molar-refractivity contribution in [3.8, 4) is 0 Å². The summed E-state index contributed by atoms with van der Waals surface area (Å²) in [6, 6.07) is 0.0512. The molecule has 0 unspecified atom stereocenters. The number of aryl methyl sites for hydroxylation is 1. The van der Waals surface area contributed by atoms with Crippen molar-refractivity contribution in [3.05, 3.63) is 11.7 Å². The van der Waals surface area contributed by atoms with Crippen LogP contribution < -0.4 is 5.32 Å². The normalized spacial score (nSPS) is 16.5. The Morgan fingerprint density at radius 2 is 2.14 bits per heavy atom. The molecular weight excluding hydrogens is 268 g/mol. The number of nitrogens with one attached hydrogen (secondary N) is 1. The van der Waals surface area contributed by atoms with Gasteiger partial charge in [-0.05, 0) is 25.2 Å². The molecular formula is C15H26N4O2. The zero-order valence-corrected chi connectivity index (χ0v) is 13.3. The summed E-state index contributed by atoms with van der Waals surface area (Å²) in [5.74, 6) is 2.42. The third-order valence-electron chi connectivity index (χ3n) is 3.91. The molecule has 21 heavy (non-hydrogen) atoms. The molecule has 2 amide bonds. The van der Waals surface area contributed by atoms with Crippen LogP contribution in [0.4, 0.5) is 4.79 Å². The van der Waals surface area contributed by atoms with Crippen molar-refractivity contribution in [2.75, 3.05) is 19.6 Å². The smallest absolute Gasteiger partial charge is 0.317 e. The first-order chi connectivity index (χ1) is 10.1. The van der Waals surface area contributed by atoms with Gasteiger partial charge < -0.3 is 14.7 Å². The molecule has 1 aliphatic heterocycles. The third-order valence-corrected chi connectivity index (χ3v) is 3.91. The van der Waals surface area contributed by atoms with Gasteiger partial charge in [0.05, 0.1) is 0 Å². The molecule has 1 aliphatic rings. The number of nitrogens with zero attached hydrogens (tertiary/aromatic N) is 3. The van der Waals surface area contributed by atoms with E-state index in [2.05, 4.69) is 22.4 Å². The summed E-state index contributed by atoms with van der Waals surface area (Å²) >= 11 is 0. The van der Waals surface area contributed by atoms with Crippen LogP contribution in [0.5, 0.6) is 0 Å². The van der Waals surface area contributed by atoms with Crippen LogP contribution in [0.25, 0.3) is 0 Å². The van der Waals surface area contributed by atoms with Crippen LogP contribution in [0.15, 0.2) is 4.52 Å². The van der Waals surface area contributed by atoms with Gasteiger partial charge in [0, 0.05) is 32.0 Å². The van der Waals surface area contributed by atoms with Gasteiger partial charge >= 0.3 is 6.03 Å². The largest absolute Gasteiger partial charge is 0.339 e. The number of likely N-dealkylation sites (tertiary alicyclic amines) is 1. The van der Waals surface area contributed by atoms with E-state index in [9.17, 15) is 4.79 Å². The molecule has 0 saturated carbocycles. The summed E-state index contributed by atoms with van der Waals surface area (Å²) in [5.41, 5.74) is 0. The highest BCUT2D eigenvalue weighted by molar-refractivity contribution is 5.74. The van der Waals surface area contributed by atoms with Gasteiger partial charge in [-0.1, -0.05) is 25.9 Å². The Morgan fingerprint density at radius 1 is 1.43 bits per heavy atom. The highest BCUT2D eigenvalue weighted by atomic mass is 16.5. The Labute approximate surface area is 126 Å². The number of carbonyl (C=O) groups excluding carboxylic acids is 1. The highest BCUT2D eigenvalue weighted by Crippen LogP contribution is 2.15. The van der Waals surface area contributed by atoms with E-state index in [0.717, 1.165) is 44.1 Å². The van der Waals surface area contributed by atoms with Gasteiger partial charge in [0.2, 0.25) is 5.89 Å². The molecule has 118 valence electrons. The maximum Gasteiger partial charge on any atom is 0.317 e. The third kappa shape index (κ3) is 4.72. The molecule has 1 N–H and O–H groups in total. The summed E-state index contributed by atoms with van der Waals surface area (Å²) in [7, 11) is 0. The Balaban J connectivity index is 1.63. The molecule has 0 bridgehead atoms. The zero-order chi connectivity index (χ0) is 15.2. The van der Waals surface area contributed by atoms with Crippen LogP contribution in [-0.4, -0.2) is 40.7 Å². The van der Waals surface area contributed by atoms with Crippen LogP contribution >= 0.6 is 0 Å². The van der Waals surface area contributed by atoms with Crippen molar-refractivity contribution in [2.45, 2.75) is 52.4 Å². The lowest BCUT2D eigenvalue weighted by atomic mass is 10.00. The number of piperidine rings is 1. The van der Waals surface area contributed by atoms with Gasteiger partial charge in [0.25, 0.3) is 0 Å². The van der Waals surface area contributed by atoms with Crippen LogP contribution in [-0.2, 0) is 6.42 Å². The second kappa shape index (κ2) is 7.43. The van der Waals surface area contributed by atoms with E-state index in [-0.39, 0.29) is 11.9 Å². The number of rotatable bonds is 5. The fraction of sp³-hybridized carbons (Fsp3) is 0.800. The minimum Gasteiger partial charge on any atom is -0.339 e. The molecule has 2 rings (SSSR count). The van der Waals surface area contributed by atoms with Crippen molar-refractivity contribution in [3.63, 3.8) is 0 Å². The van der Waals surface area contributed by atoms with Gasteiger partial charge in [-0.25, -0.2) is 4.79 Å². The fourth-order valence-corrected chi connectivity index (χ4v) is 2.36. The molecule has 0 aliphatic carbocycles. The van der Waals surface area contributed by atoms with E-state index in [1.54, 1.807) is 0 Å². The molecule has 0 radical (unpaired) electrons. The SMILES string of the molecule is CC1CCN(C(=O)NCCCc2nc(C(C)C)no2)CC1. The average molecular weight is 294 g/mol. The van der Waals surface area contributed by atoms with Crippen LogP contribution in [0.1, 0.15) is 57.7 Å². The lowest BCUT2D eigenvalue weighted by Gasteiger charge is -2.30. The maximum atomic E-state index is 12.0. The van der Waals surface area contributed by atoms with Crippen LogP contribution in [0.3, 0.4) is 0 Å². The topological polar surface area (TPSA) is 71.3 Å². The van der Waals surface area contributed by atoms with Gasteiger partial charge in [-0.3, -0.25) is 0 Å². The summed E-state index contributed by atoms with van der Waals surface area (Å²) in [4.78, 5) is 18.2. The number of aromatic nitrogens is 2. The van der Waals surface area contributed by atoms with Crippen LogP contribution in [0, 0.1) is 5.92 Å². The predicted octanol–water partition coefficient (Wildman–Crippen LogP) is 2.57. The minimum atomic E-state index is 0.0512. The first-order valence-electron chi connectivity index (χ1n) is 7.91. The number of hydrogen-bond donors (Lipinski definition) is 1. The van der Waals surface area contributed by atoms with Gasteiger partial charge in [0.1, 0.15) is 0 Å². The molecule has 1 aromatic rings. The van der Waals surface area contributed by atoms with E-state index in [0.29, 0.717) is 18.9 Å². The lowest BCUT2D eigenvalue weighted by molar-refractivity contribution is 0.174. The quantitative estimate of drug-likeness (QED) is 0.847. The summed E-state index contributed by atoms with van der Waals surface area (Å²) in [6.07, 6.45) is 3.73. The minimum absolute atomic E-state index is 0.0512. The van der Waals surface area contributed by atoms with Crippen molar-refractivity contribution in [1.29, 1.82) is 0 Å². The van der Waals surface area contributed by atoms with E-state index in [4.69, 9.17) is 4.52 Å². The predicted molar refractivity (Wildman–Crippen MR) is 80.1 cm³/mol. The average Bonchev–Trinajstić information content (AvgIpc) is 2.93. The highest BCUT2D eigenvalue weighted by Gasteiger charge is 2.19.